The van der Waals surface area contributed by atoms with Gasteiger partial charge in [0.1, 0.15) is 11.5 Å². The van der Waals surface area contributed by atoms with Crippen molar-refractivity contribution in [2.24, 2.45) is 0 Å². The average molecular weight is 519 g/mol. The van der Waals surface area contributed by atoms with Gasteiger partial charge in [0.05, 0.1) is 25.4 Å². The third kappa shape index (κ3) is 7.81. The Labute approximate surface area is 227 Å². The molecule has 0 radical (unpaired) electrons. The fraction of sp³-hybridized carbons (Fsp3) is 0.438. The molecule has 3 aromatic rings. The highest BCUT2D eigenvalue weighted by Crippen LogP contribution is 2.35. The Bertz CT molecular complexity index is 1140. The third-order valence-corrected chi connectivity index (χ3v) is 7.26. The zero-order valence-electron chi connectivity index (χ0n) is 22.7. The van der Waals surface area contributed by atoms with Crippen LogP contribution in [0.4, 0.5) is 0 Å². The molecule has 6 heteroatoms. The van der Waals surface area contributed by atoms with Gasteiger partial charge in [-0.25, -0.2) is 0 Å². The van der Waals surface area contributed by atoms with E-state index in [0.29, 0.717) is 19.8 Å². The largest absolute Gasteiger partial charge is 0.493 e. The molecule has 3 N–H and O–H groups in total. The Morgan fingerprint density at radius 3 is 2.11 bits per heavy atom. The van der Waals surface area contributed by atoms with Crippen LogP contribution >= 0.6 is 0 Å². The van der Waals surface area contributed by atoms with Gasteiger partial charge >= 0.3 is 0 Å². The Hall–Kier alpha value is -2.90. The number of ether oxygens (including phenoxy) is 2. The predicted molar refractivity (Wildman–Crippen MR) is 153 cm³/mol. The molecule has 0 aromatic heterocycles. The van der Waals surface area contributed by atoms with Gasteiger partial charge in [0.25, 0.3) is 0 Å². The molecule has 6 nitrogen and oxygen atoms in total. The quantitative estimate of drug-likeness (QED) is 0.264. The van der Waals surface area contributed by atoms with E-state index in [2.05, 4.69) is 42.3 Å². The van der Waals surface area contributed by atoms with Crippen molar-refractivity contribution < 1.29 is 19.7 Å². The smallest absolute Gasteiger partial charge is 0.122 e. The second-order valence-corrected chi connectivity index (χ2v) is 10.1. The minimum absolute atomic E-state index is 0.173. The molecule has 0 amide bonds. The number of benzene rings is 3. The maximum Gasteiger partial charge on any atom is 0.122 e. The van der Waals surface area contributed by atoms with E-state index in [4.69, 9.17) is 9.47 Å². The molecule has 1 aliphatic heterocycles. The molecule has 204 valence electrons. The van der Waals surface area contributed by atoms with Gasteiger partial charge in [0, 0.05) is 26.2 Å². The minimum atomic E-state index is -0.502. The first-order chi connectivity index (χ1) is 18.5. The van der Waals surface area contributed by atoms with Crippen LogP contribution in [0.5, 0.6) is 11.5 Å². The maximum absolute atomic E-state index is 10.3. The molecule has 38 heavy (non-hydrogen) atoms. The average Bonchev–Trinajstić information content (AvgIpc) is 3.35. The van der Waals surface area contributed by atoms with Gasteiger partial charge in [-0.1, -0.05) is 54.6 Å². The number of likely N-dealkylation sites (tertiary alicyclic amines) is 1. The van der Waals surface area contributed by atoms with Crippen LogP contribution in [0.3, 0.4) is 0 Å². The van der Waals surface area contributed by atoms with Gasteiger partial charge in [0.15, 0.2) is 0 Å². The fourth-order valence-corrected chi connectivity index (χ4v) is 5.02. The number of β-amino-alcohol motifs (C(OH)–C–C–N with tert-alkyl or cyclic N) is 1. The van der Waals surface area contributed by atoms with Crippen molar-refractivity contribution in [3.05, 3.63) is 83.4 Å². The Morgan fingerprint density at radius 2 is 1.50 bits per heavy atom. The van der Waals surface area contributed by atoms with Crippen molar-refractivity contribution >= 4 is 0 Å². The van der Waals surface area contributed by atoms with E-state index in [1.807, 2.05) is 48.5 Å². The Kier molecular flexibility index (Phi) is 10.6. The van der Waals surface area contributed by atoms with Crippen LogP contribution in [0.25, 0.3) is 11.1 Å². The standard InChI is InChI=1S/C32H42N2O4/c1-24-28(29-13-7-15-32(25(29)2)38-21-9-18-34-19-16-27(35)23-34)12-6-14-31(24)37-20-8-17-33-22-30(36)26-10-4-3-5-11-26/h3-7,10-15,27,30,33,35-36H,8-9,16-23H2,1-2H3/t27-,30?/m1/s1. The Balaban J connectivity index is 1.25. The monoisotopic (exact) mass is 518 g/mol. The van der Waals surface area contributed by atoms with Gasteiger partial charge in [-0.15, -0.1) is 0 Å². The van der Waals surface area contributed by atoms with Gasteiger partial charge in [-0.2, -0.15) is 0 Å². The van der Waals surface area contributed by atoms with Crippen LogP contribution in [0.15, 0.2) is 66.7 Å². The molecular weight excluding hydrogens is 476 g/mol. The van der Waals surface area contributed by atoms with Crippen LogP contribution in [0.2, 0.25) is 0 Å². The summed E-state index contributed by atoms with van der Waals surface area (Å²) in [7, 11) is 0. The molecule has 1 fully saturated rings. The summed E-state index contributed by atoms with van der Waals surface area (Å²) in [5, 5.41) is 23.3. The first-order valence-corrected chi connectivity index (χ1v) is 13.8. The molecular formula is C32H42N2O4. The molecule has 0 bridgehead atoms. The summed E-state index contributed by atoms with van der Waals surface area (Å²) in [6, 6.07) is 22.2. The molecule has 2 atom stereocenters. The van der Waals surface area contributed by atoms with Crippen LogP contribution < -0.4 is 14.8 Å². The summed E-state index contributed by atoms with van der Waals surface area (Å²) in [5.74, 6) is 1.81. The number of aliphatic hydroxyl groups excluding tert-OH is 2. The van der Waals surface area contributed by atoms with Crippen molar-refractivity contribution in [2.45, 2.75) is 45.3 Å². The van der Waals surface area contributed by atoms with E-state index < -0.39 is 6.10 Å². The van der Waals surface area contributed by atoms with E-state index in [-0.39, 0.29) is 6.10 Å². The molecule has 1 unspecified atom stereocenters. The molecule has 0 saturated carbocycles. The topological polar surface area (TPSA) is 74.2 Å². The summed E-state index contributed by atoms with van der Waals surface area (Å²) in [6.45, 7) is 9.50. The number of hydrogen-bond donors (Lipinski definition) is 3. The second-order valence-electron chi connectivity index (χ2n) is 10.1. The molecule has 4 rings (SSSR count). The molecule has 1 heterocycles. The summed E-state index contributed by atoms with van der Waals surface area (Å²) in [5.41, 5.74) is 5.49. The van der Waals surface area contributed by atoms with Gasteiger partial charge < -0.3 is 29.9 Å². The van der Waals surface area contributed by atoms with Gasteiger partial charge in [-0.05, 0) is 79.6 Å². The maximum atomic E-state index is 10.3. The Morgan fingerprint density at radius 1 is 0.868 bits per heavy atom. The van der Waals surface area contributed by atoms with Gasteiger partial charge in [-0.3, -0.25) is 0 Å². The van der Waals surface area contributed by atoms with Crippen molar-refractivity contribution in [2.75, 3.05) is 45.9 Å². The van der Waals surface area contributed by atoms with E-state index in [1.54, 1.807) is 0 Å². The fourth-order valence-electron chi connectivity index (χ4n) is 5.02. The van der Waals surface area contributed by atoms with Crippen molar-refractivity contribution in [1.29, 1.82) is 0 Å². The number of hydrogen-bond acceptors (Lipinski definition) is 6. The van der Waals surface area contributed by atoms with E-state index >= 15 is 0 Å². The lowest BCUT2D eigenvalue weighted by atomic mass is 9.95. The molecule has 1 aliphatic rings. The third-order valence-electron chi connectivity index (χ3n) is 7.26. The SMILES string of the molecule is Cc1c(OCCCNCC(O)c2ccccc2)cccc1-c1cccc(OCCCN2CC[C@@H](O)C2)c1C. The second kappa shape index (κ2) is 14.3. The van der Waals surface area contributed by atoms with Crippen LogP contribution in [-0.4, -0.2) is 67.2 Å². The van der Waals surface area contributed by atoms with Crippen LogP contribution in [0, 0.1) is 13.8 Å². The zero-order valence-corrected chi connectivity index (χ0v) is 22.7. The first kappa shape index (κ1) is 28.1. The molecule has 1 saturated heterocycles. The lowest BCUT2D eigenvalue weighted by molar-refractivity contribution is 0.173. The highest BCUT2D eigenvalue weighted by Gasteiger charge is 2.19. The lowest BCUT2D eigenvalue weighted by Gasteiger charge is -2.18. The zero-order chi connectivity index (χ0) is 26.7. The van der Waals surface area contributed by atoms with Crippen LogP contribution in [-0.2, 0) is 0 Å². The highest BCUT2D eigenvalue weighted by molar-refractivity contribution is 5.74. The number of nitrogens with one attached hydrogen (secondary N) is 1. The molecule has 0 aliphatic carbocycles. The number of aliphatic hydroxyl groups is 2. The summed E-state index contributed by atoms with van der Waals surface area (Å²) < 4.78 is 12.3. The van der Waals surface area contributed by atoms with Crippen LogP contribution in [0.1, 0.15) is 42.1 Å². The van der Waals surface area contributed by atoms with Crippen molar-refractivity contribution in [3.63, 3.8) is 0 Å². The number of rotatable bonds is 14. The predicted octanol–water partition coefficient (Wildman–Crippen LogP) is 4.90. The highest BCUT2D eigenvalue weighted by atomic mass is 16.5. The van der Waals surface area contributed by atoms with Gasteiger partial charge in [0.2, 0.25) is 0 Å². The van der Waals surface area contributed by atoms with E-state index in [1.165, 1.54) is 0 Å². The first-order valence-electron chi connectivity index (χ1n) is 13.8. The summed E-state index contributed by atoms with van der Waals surface area (Å²) in [6.07, 6.45) is 1.99. The van der Waals surface area contributed by atoms with E-state index in [0.717, 1.165) is 84.8 Å². The molecule has 3 aromatic carbocycles. The minimum Gasteiger partial charge on any atom is -0.493 e. The van der Waals surface area contributed by atoms with Crippen molar-refractivity contribution in [1.82, 2.24) is 10.2 Å². The normalized spacial score (nSPS) is 16.5. The molecule has 0 spiro atoms. The lowest BCUT2D eigenvalue weighted by Crippen LogP contribution is -2.24. The number of nitrogens with zero attached hydrogens (tertiary/aromatic N) is 1. The summed E-state index contributed by atoms with van der Waals surface area (Å²) >= 11 is 0. The van der Waals surface area contributed by atoms with E-state index in [9.17, 15) is 10.2 Å². The van der Waals surface area contributed by atoms with Crippen molar-refractivity contribution in [3.8, 4) is 22.6 Å². The summed E-state index contributed by atoms with van der Waals surface area (Å²) in [4.78, 5) is 2.30.